The Labute approximate surface area is 115 Å². The number of rotatable bonds is 5. The maximum atomic E-state index is 5.89. The van der Waals surface area contributed by atoms with Gasteiger partial charge in [0.1, 0.15) is 0 Å². The predicted molar refractivity (Wildman–Crippen MR) is 80.1 cm³/mol. The van der Waals surface area contributed by atoms with E-state index >= 15 is 0 Å². The van der Waals surface area contributed by atoms with Gasteiger partial charge in [-0.15, -0.1) is 11.3 Å². The lowest BCUT2D eigenvalue weighted by Gasteiger charge is -2.38. The summed E-state index contributed by atoms with van der Waals surface area (Å²) in [5, 5.41) is 2.25. The zero-order valence-corrected chi connectivity index (χ0v) is 12.7. The maximum Gasteiger partial charge on any atom is 0.0359 e. The van der Waals surface area contributed by atoms with Crippen molar-refractivity contribution in [2.75, 3.05) is 19.6 Å². The third-order valence-electron chi connectivity index (χ3n) is 4.05. The molecular weight excluding hydrogens is 240 g/mol. The van der Waals surface area contributed by atoms with Crippen molar-refractivity contribution in [3.63, 3.8) is 0 Å². The molecule has 0 fully saturated rings. The van der Waals surface area contributed by atoms with Crippen LogP contribution in [0, 0.1) is 5.41 Å². The van der Waals surface area contributed by atoms with Gasteiger partial charge in [-0.25, -0.2) is 0 Å². The van der Waals surface area contributed by atoms with Gasteiger partial charge in [0, 0.05) is 17.5 Å². The van der Waals surface area contributed by atoms with Crippen LogP contribution in [0.3, 0.4) is 0 Å². The van der Waals surface area contributed by atoms with Crippen LogP contribution < -0.4 is 5.73 Å². The van der Waals surface area contributed by atoms with Crippen LogP contribution in [-0.2, 0) is 6.42 Å². The Hall–Kier alpha value is -0.380. The van der Waals surface area contributed by atoms with E-state index in [0.29, 0.717) is 6.04 Å². The van der Waals surface area contributed by atoms with Gasteiger partial charge in [0.05, 0.1) is 0 Å². The second-order valence-corrected chi connectivity index (χ2v) is 7.14. The lowest BCUT2D eigenvalue weighted by molar-refractivity contribution is 0.127. The Morgan fingerprint density at radius 2 is 2.28 bits per heavy atom. The van der Waals surface area contributed by atoms with Gasteiger partial charge in [-0.2, -0.15) is 0 Å². The molecule has 1 unspecified atom stereocenters. The molecule has 0 amide bonds. The molecular formula is C15H26N2S. The van der Waals surface area contributed by atoms with E-state index < -0.39 is 0 Å². The number of hydrogen-bond acceptors (Lipinski definition) is 3. The highest BCUT2D eigenvalue weighted by Gasteiger charge is 2.29. The molecule has 1 aliphatic carbocycles. The predicted octanol–water partition coefficient (Wildman–Crippen LogP) is 3.43. The SMILES string of the molecule is CCN(CC(C)(C)CN)C1CCCc2sccc21. The summed E-state index contributed by atoms with van der Waals surface area (Å²) in [5.41, 5.74) is 7.68. The first-order valence-corrected chi connectivity index (χ1v) is 7.96. The average Bonchev–Trinajstić information content (AvgIpc) is 2.84. The van der Waals surface area contributed by atoms with Gasteiger partial charge in [-0.3, -0.25) is 4.90 Å². The Balaban J connectivity index is 2.15. The zero-order valence-electron chi connectivity index (χ0n) is 11.9. The van der Waals surface area contributed by atoms with Crippen molar-refractivity contribution < 1.29 is 0 Å². The molecule has 0 bridgehead atoms. The first kappa shape index (κ1) is 14.0. The van der Waals surface area contributed by atoms with E-state index in [2.05, 4.69) is 37.1 Å². The molecule has 18 heavy (non-hydrogen) atoms. The Bertz CT molecular complexity index is 384. The summed E-state index contributed by atoms with van der Waals surface area (Å²) in [6.45, 7) is 9.78. The number of aryl methyl sites for hydroxylation is 1. The van der Waals surface area contributed by atoms with Crippen molar-refractivity contribution in [2.24, 2.45) is 11.1 Å². The van der Waals surface area contributed by atoms with Crippen molar-refractivity contribution in [1.82, 2.24) is 4.90 Å². The van der Waals surface area contributed by atoms with Gasteiger partial charge in [0.2, 0.25) is 0 Å². The highest BCUT2D eigenvalue weighted by atomic mass is 32.1. The van der Waals surface area contributed by atoms with Crippen LogP contribution >= 0.6 is 11.3 Å². The standard InChI is InChI=1S/C15H26N2S/c1-4-17(11-15(2,3)10-16)13-6-5-7-14-12(13)8-9-18-14/h8-9,13H,4-7,10-11,16H2,1-3H3. The second kappa shape index (κ2) is 5.72. The van der Waals surface area contributed by atoms with Crippen LogP contribution in [0.25, 0.3) is 0 Å². The van der Waals surface area contributed by atoms with Gasteiger partial charge >= 0.3 is 0 Å². The highest BCUT2D eigenvalue weighted by molar-refractivity contribution is 7.10. The van der Waals surface area contributed by atoms with E-state index in [1.165, 1.54) is 19.3 Å². The maximum absolute atomic E-state index is 5.89. The fourth-order valence-corrected chi connectivity index (χ4v) is 3.88. The molecule has 3 heteroatoms. The van der Waals surface area contributed by atoms with Gasteiger partial charge < -0.3 is 5.73 Å². The molecule has 2 rings (SSSR count). The topological polar surface area (TPSA) is 29.3 Å². The van der Waals surface area contributed by atoms with Crippen molar-refractivity contribution in [2.45, 2.75) is 46.1 Å². The molecule has 2 nitrogen and oxygen atoms in total. The molecule has 0 saturated carbocycles. The van der Waals surface area contributed by atoms with E-state index in [1.54, 1.807) is 10.4 Å². The summed E-state index contributed by atoms with van der Waals surface area (Å²) in [5.74, 6) is 0. The monoisotopic (exact) mass is 266 g/mol. The van der Waals surface area contributed by atoms with E-state index in [0.717, 1.165) is 19.6 Å². The van der Waals surface area contributed by atoms with Crippen LogP contribution in [-0.4, -0.2) is 24.5 Å². The third kappa shape index (κ3) is 2.95. The van der Waals surface area contributed by atoms with Crippen LogP contribution in [0.4, 0.5) is 0 Å². The van der Waals surface area contributed by atoms with Gasteiger partial charge in [0.15, 0.2) is 0 Å². The minimum atomic E-state index is 0.212. The highest BCUT2D eigenvalue weighted by Crippen LogP contribution is 2.38. The molecule has 1 aromatic heterocycles. The molecule has 0 saturated heterocycles. The second-order valence-electron chi connectivity index (χ2n) is 6.14. The van der Waals surface area contributed by atoms with Crippen molar-refractivity contribution in [3.8, 4) is 0 Å². The summed E-state index contributed by atoms with van der Waals surface area (Å²) in [6.07, 6.45) is 3.91. The first-order chi connectivity index (χ1) is 8.57. The van der Waals surface area contributed by atoms with E-state index in [4.69, 9.17) is 5.73 Å². The van der Waals surface area contributed by atoms with Crippen LogP contribution in [0.5, 0.6) is 0 Å². The van der Waals surface area contributed by atoms with Gasteiger partial charge in [-0.1, -0.05) is 20.8 Å². The molecule has 1 heterocycles. The molecule has 0 aromatic carbocycles. The molecule has 1 aromatic rings. The summed E-state index contributed by atoms with van der Waals surface area (Å²) in [4.78, 5) is 4.23. The van der Waals surface area contributed by atoms with Crippen LogP contribution in [0.1, 0.15) is 50.1 Å². The molecule has 0 radical (unpaired) electrons. The minimum Gasteiger partial charge on any atom is -0.330 e. The smallest absolute Gasteiger partial charge is 0.0359 e. The van der Waals surface area contributed by atoms with Crippen LogP contribution in [0.15, 0.2) is 11.4 Å². The summed E-state index contributed by atoms with van der Waals surface area (Å²) >= 11 is 1.93. The van der Waals surface area contributed by atoms with Gasteiger partial charge in [-0.05, 0) is 54.8 Å². The van der Waals surface area contributed by atoms with Gasteiger partial charge in [0.25, 0.3) is 0 Å². The van der Waals surface area contributed by atoms with Crippen molar-refractivity contribution in [1.29, 1.82) is 0 Å². The molecule has 0 aliphatic heterocycles. The average molecular weight is 266 g/mol. The summed E-state index contributed by atoms with van der Waals surface area (Å²) < 4.78 is 0. The number of nitrogens with two attached hydrogens (primary N) is 1. The fraction of sp³-hybridized carbons (Fsp3) is 0.733. The molecule has 0 spiro atoms. The zero-order chi connectivity index (χ0) is 13.2. The normalized spacial score (nSPS) is 20.2. The number of nitrogens with zero attached hydrogens (tertiary/aromatic N) is 1. The minimum absolute atomic E-state index is 0.212. The fourth-order valence-electron chi connectivity index (χ4n) is 2.90. The first-order valence-electron chi connectivity index (χ1n) is 7.08. The molecule has 102 valence electrons. The van der Waals surface area contributed by atoms with E-state index in [-0.39, 0.29) is 5.41 Å². The lowest BCUT2D eigenvalue weighted by Crippen LogP contribution is -2.41. The Morgan fingerprint density at radius 1 is 1.50 bits per heavy atom. The number of fused-ring (bicyclic) bond motifs is 1. The molecule has 1 atom stereocenters. The van der Waals surface area contributed by atoms with E-state index in [1.807, 2.05) is 11.3 Å². The van der Waals surface area contributed by atoms with E-state index in [9.17, 15) is 0 Å². The third-order valence-corrected chi connectivity index (χ3v) is 5.05. The number of thiophene rings is 1. The molecule has 2 N–H and O–H groups in total. The van der Waals surface area contributed by atoms with Crippen molar-refractivity contribution in [3.05, 3.63) is 21.9 Å². The summed E-state index contributed by atoms with van der Waals surface area (Å²) in [7, 11) is 0. The lowest BCUT2D eigenvalue weighted by atomic mass is 9.88. The quantitative estimate of drug-likeness (QED) is 0.884. The summed E-state index contributed by atoms with van der Waals surface area (Å²) in [6, 6.07) is 2.96. The Morgan fingerprint density at radius 3 is 2.94 bits per heavy atom. The number of hydrogen-bond donors (Lipinski definition) is 1. The van der Waals surface area contributed by atoms with Crippen molar-refractivity contribution >= 4 is 11.3 Å². The molecule has 1 aliphatic rings. The Kier molecular flexibility index (Phi) is 4.46. The van der Waals surface area contributed by atoms with Crippen LogP contribution in [0.2, 0.25) is 0 Å². The largest absolute Gasteiger partial charge is 0.330 e.